The van der Waals surface area contributed by atoms with Crippen LogP contribution < -0.4 is 10.7 Å². The highest BCUT2D eigenvalue weighted by Crippen LogP contribution is 2.42. The van der Waals surface area contributed by atoms with Crippen LogP contribution in [0.5, 0.6) is 0 Å². The molecule has 15 nitrogen and oxygen atoms in total. The van der Waals surface area contributed by atoms with Gasteiger partial charge in [0.05, 0.1) is 30.0 Å². The number of aromatic nitrogens is 2. The van der Waals surface area contributed by atoms with Gasteiger partial charge in [-0.2, -0.15) is 4.31 Å². The van der Waals surface area contributed by atoms with Crippen LogP contribution in [0.4, 0.5) is 0 Å². The van der Waals surface area contributed by atoms with Gasteiger partial charge in [0.25, 0.3) is 5.91 Å². The van der Waals surface area contributed by atoms with Crippen molar-refractivity contribution >= 4 is 44.6 Å². The second-order valence-electron chi connectivity index (χ2n) is 20.1. The van der Waals surface area contributed by atoms with E-state index in [9.17, 15) is 27.6 Å². The van der Waals surface area contributed by atoms with Crippen LogP contribution >= 0.6 is 0 Å². The number of nitrogens with zero attached hydrogens (tertiary/aromatic N) is 5. The molecule has 3 aliphatic heterocycles. The molecule has 2 N–H and O–H groups in total. The highest BCUT2D eigenvalue weighted by molar-refractivity contribution is 7.92. The van der Waals surface area contributed by atoms with Crippen LogP contribution in [-0.2, 0) is 58.1 Å². The lowest BCUT2D eigenvalue weighted by atomic mass is 9.84. The normalized spacial score (nSPS) is 21.2. The summed E-state index contributed by atoms with van der Waals surface area (Å²) in [7, 11) is -0.451. The van der Waals surface area contributed by atoms with Crippen molar-refractivity contribution in [2.45, 2.75) is 118 Å². The fourth-order valence-corrected chi connectivity index (χ4v) is 11.6. The molecule has 366 valence electrons. The van der Waals surface area contributed by atoms with E-state index in [0.29, 0.717) is 44.3 Å². The lowest BCUT2D eigenvalue weighted by molar-refractivity contribution is -0.155. The summed E-state index contributed by atoms with van der Waals surface area (Å²) in [5.74, 6) is -2.74. The summed E-state index contributed by atoms with van der Waals surface area (Å²) in [6.45, 7) is 16.7. The number of hydrazine groups is 1. The summed E-state index contributed by atoms with van der Waals surface area (Å²) >= 11 is 0. The fourth-order valence-electron chi connectivity index (χ4n) is 10.1. The Labute approximate surface area is 401 Å². The molecule has 0 spiro atoms. The zero-order chi connectivity index (χ0) is 49.2. The average Bonchev–Trinajstić information content (AvgIpc) is 3.93. The van der Waals surface area contributed by atoms with Gasteiger partial charge < -0.3 is 24.3 Å². The first-order chi connectivity index (χ1) is 32.2. The van der Waals surface area contributed by atoms with Gasteiger partial charge in [0.2, 0.25) is 21.8 Å². The number of allylic oxidation sites excluding steroid dienone is 1. The molecule has 7 rings (SSSR count). The highest BCUT2D eigenvalue weighted by Gasteiger charge is 2.41. The van der Waals surface area contributed by atoms with E-state index in [1.807, 2.05) is 51.1 Å². The van der Waals surface area contributed by atoms with Crippen LogP contribution in [0.15, 0.2) is 71.8 Å². The molecule has 3 amide bonds. The van der Waals surface area contributed by atoms with E-state index in [-0.39, 0.29) is 44.0 Å². The number of ether oxygens (including phenoxy) is 2. The lowest BCUT2D eigenvalue weighted by Crippen LogP contribution is -2.62. The van der Waals surface area contributed by atoms with E-state index < -0.39 is 57.3 Å². The Kier molecular flexibility index (Phi) is 15.3. The van der Waals surface area contributed by atoms with E-state index in [1.165, 1.54) is 19.6 Å². The topological polar surface area (TPSA) is 172 Å². The maximum atomic E-state index is 14.7. The molecule has 2 fully saturated rings. The minimum atomic E-state index is -3.70. The van der Waals surface area contributed by atoms with Gasteiger partial charge in [-0.05, 0) is 106 Å². The number of amides is 3. The monoisotopic (exact) mass is 951 g/mol. The molecule has 4 aromatic rings. The first-order valence-corrected chi connectivity index (χ1v) is 25.4. The number of benzene rings is 2. The van der Waals surface area contributed by atoms with Gasteiger partial charge in [-0.25, -0.2) is 13.8 Å². The van der Waals surface area contributed by atoms with Crippen LogP contribution in [0, 0.1) is 17.3 Å². The summed E-state index contributed by atoms with van der Waals surface area (Å²) in [4.78, 5) is 63.5. The third kappa shape index (κ3) is 10.7. The third-order valence-corrected chi connectivity index (χ3v) is 15.4. The minimum absolute atomic E-state index is 0.0137. The van der Waals surface area contributed by atoms with Gasteiger partial charge in [0.15, 0.2) is 0 Å². The van der Waals surface area contributed by atoms with Gasteiger partial charge in [0, 0.05) is 80.2 Å². The molecule has 0 aliphatic carbocycles. The molecule has 2 aromatic heterocycles. The number of methoxy groups -OCH3 is 1. The maximum Gasteiger partial charge on any atom is 0.324 e. The SMILES string of the molecule is CCn1c(-c2cccnc2[C@H](C)OC)c2c3cc(ccc31)-c1cccc(c1)C[C@H](NC(=O)C(C(C)C)N(C)C(=O)[C@H]1CCN(S(=O)(=O)C=C(C)C)C1)C(=O)N1CCC[C@H](N1)C(=O)OCC(C)(C)C2. The molecule has 3 aliphatic rings. The zero-order valence-corrected chi connectivity index (χ0v) is 42.1. The van der Waals surface area contributed by atoms with E-state index in [0.717, 1.165) is 50.1 Å². The van der Waals surface area contributed by atoms with Gasteiger partial charge in [-0.1, -0.05) is 63.6 Å². The van der Waals surface area contributed by atoms with E-state index in [4.69, 9.17) is 14.5 Å². The first kappa shape index (κ1) is 50.5. The Hall–Kier alpha value is -5.42. The number of nitrogens with one attached hydrogen (secondary N) is 2. The van der Waals surface area contributed by atoms with Gasteiger partial charge in [0.1, 0.15) is 18.1 Å². The van der Waals surface area contributed by atoms with E-state index in [2.05, 4.69) is 60.3 Å². The number of sulfonamides is 1. The maximum absolute atomic E-state index is 14.7. The number of hydrogen-bond donors (Lipinski definition) is 2. The smallest absolute Gasteiger partial charge is 0.324 e. The van der Waals surface area contributed by atoms with Crippen molar-refractivity contribution in [3.05, 3.63) is 88.6 Å². The minimum Gasteiger partial charge on any atom is -0.464 e. The molecule has 2 saturated heterocycles. The average molecular weight is 952 g/mol. The van der Waals surface area contributed by atoms with Crippen LogP contribution in [0.2, 0.25) is 0 Å². The Bertz CT molecular complexity index is 2690. The van der Waals surface area contributed by atoms with Gasteiger partial charge in [-0.3, -0.25) is 29.2 Å². The highest BCUT2D eigenvalue weighted by atomic mass is 32.2. The summed E-state index contributed by atoms with van der Waals surface area (Å²) in [6.07, 6.45) is 3.53. The Morgan fingerprint density at radius 2 is 1.79 bits per heavy atom. The second-order valence-corrected chi connectivity index (χ2v) is 21.8. The molecule has 0 saturated carbocycles. The molecule has 1 unspecified atom stereocenters. The van der Waals surface area contributed by atoms with Crippen molar-refractivity contribution in [3.63, 3.8) is 0 Å². The van der Waals surface area contributed by atoms with Crippen molar-refractivity contribution in [3.8, 4) is 22.4 Å². The number of pyridine rings is 1. The molecule has 0 radical (unpaired) electrons. The number of hydrogen-bond acceptors (Lipinski definition) is 10. The number of fused-ring (bicyclic) bond motifs is 6. The number of cyclic esters (lactones) is 1. The van der Waals surface area contributed by atoms with Crippen molar-refractivity contribution in [1.29, 1.82) is 0 Å². The third-order valence-electron chi connectivity index (χ3n) is 13.5. The number of aryl methyl sites for hydroxylation is 1. The molecule has 5 atom stereocenters. The predicted octanol–water partition coefficient (Wildman–Crippen LogP) is 6.80. The zero-order valence-electron chi connectivity index (χ0n) is 41.3. The van der Waals surface area contributed by atoms with Gasteiger partial charge >= 0.3 is 5.97 Å². The second kappa shape index (κ2) is 20.7. The molecule has 6 bridgehead atoms. The summed E-state index contributed by atoms with van der Waals surface area (Å²) in [5, 5.41) is 6.73. The Morgan fingerprint density at radius 3 is 2.50 bits per heavy atom. The standard InChI is InChI=1S/C52H69N7O8S/c1-11-58-44-20-19-37-27-40(44)41(47(58)39-17-13-22-53-45(39)34(6)66-10)28-52(7,8)31-67-51(63)42-18-14-23-59(55-42)50(62)43(26-35-15-12-16-36(37)25-35)54-48(60)46(33(4)5)56(9)49(61)38-21-24-57(29-38)68(64,65)30-32(2)3/h12-13,15-17,19-20,22,25,27,30,33-34,38,42-43,46,55H,11,14,18,21,23-24,26,28-29,31H2,1-10H3,(H,54,60)/t34-,38-,42-,43-,46?/m0/s1. The molecule has 16 heteroatoms. The number of carbonyl (C=O) groups is 4. The number of likely N-dealkylation sites (N-methyl/N-ethyl adjacent to an activating group) is 1. The van der Waals surface area contributed by atoms with Crippen LogP contribution in [0.3, 0.4) is 0 Å². The number of carbonyl (C=O) groups excluding carboxylic acids is 4. The summed E-state index contributed by atoms with van der Waals surface area (Å²) in [5.41, 5.74) is 11.0. The molecular weight excluding hydrogens is 883 g/mol. The summed E-state index contributed by atoms with van der Waals surface area (Å²) in [6, 6.07) is 15.6. The lowest BCUT2D eigenvalue weighted by Gasteiger charge is -2.37. The van der Waals surface area contributed by atoms with Gasteiger partial charge in [-0.15, -0.1) is 0 Å². The largest absolute Gasteiger partial charge is 0.464 e. The molecule has 2 aromatic carbocycles. The van der Waals surface area contributed by atoms with E-state index in [1.54, 1.807) is 34.2 Å². The van der Waals surface area contributed by atoms with E-state index >= 15 is 0 Å². The van der Waals surface area contributed by atoms with Crippen molar-refractivity contribution in [1.82, 2.24) is 34.5 Å². The van der Waals surface area contributed by atoms with Crippen LogP contribution in [-0.4, -0.2) is 114 Å². The number of esters is 1. The quantitative estimate of drug-likeness (QED) is 0.152. The predicted molar refractivity (Wildman–Crippen MR) is 263 cm³/mol. The molecule has 68 heavy (non-hydrogen) atoms. The van der Waals surface area contributed by atoms with Crippen molar-refractivity contribution < 1.29 is 37.1 Å². The van der Waals surface area contributed by atoms with Crippen molar-refractivity contribution in [2.24, 2.45) is 17.3 Å². The van der Waals surface area contributed by atoms with Crippen molar-refractivity contribution in [2.75, 3.05) is 40.4 Å². The Morgan fingerprint density at radius 1 is 1.04 bits per heavy atom. The Balaban J connectivity index is 1.27. The molecular formula is C52H69N7O8S. The summed E-state index contributed by atoms with van der Waals surface area (Å²) < 4.78 is 41.5. The number of rotatable bonds is 11. The van der Waals surface area contributed by atoms with Crippen LogP contribution in [0.25, 0.3) is 33.3 Å². The fraction of sp³-hybridized carbons (Fsp3) is 0.519. The van der Waals surface area contributed by atoms with Crippen LogP contribution in [0.1, 0.15) is 97.6 Å². The first-order valence-electron chi connectivity index (χ1n) is 23.9. The molecule has 5 heterocycles.